The quantitative estimate of drug-likeness (QED) is 0.400. The predicted octanol–water partition coefficient (Wildman–Crippen LogP) is -0.295. The van der Waals surface area contributed by atoms with Gasteiger partial charge in [-0.2, -0.15) is 0 Å². The molecule has 0 aromatic carbocycles. The van der Waals surface area contributed by atoms with Gasteiger partial charge >= 0.3 is 29.6 Å². The van der Waals surface area contributed by atoms with Crippen LogP contribution in [0.4, 0.5) is 0 Å². The zero-order chi connectivity index (χ0) is 3.58. The molecular weight excluding hydrogens is 73.0 g/mol. The van der Waals surface area contributed by atoms with Gasteiger partial charge in [-0.15, -0.1) is 0 Å². The normalized spacial score (nSPS) is 7.20. The summed E-state index contributed by atoms with van der Waals surface area (Å²) in [6.45, 7) is 3.89. The maximum absolute atomic E-state index is 5.11. The molecule has 0 aromatic heterocycles. The summed E-state index contributed by atoms with van der Waals surface area (Å²) in [5.74, 6) is 0. The van der Waals surface area contributed by atoms with Gasteiger partial charge in [-0.1, -0.05) is 13.8 Å². The van der Waals surface area contributed by atoms with Crippen molar-refractivity contribution in [3.8, 4) is 0 Å². The molecule has 0 rings (SSSR count). The van der Waals surface area contributed by atoms with Crippen molar-refractivity contribution in [1.82, 2.24) is 0 Å². The zero-order valence-corrected chi connectivity index (χ0v) is 3.15. The Bertz CT molecular complexity index is 11.6. The van der Waals surface area contributed by atoms with Crippen LogP contribution >= 0.6 is 0 Å². The van der Waals surface area contributed by atoms with E-state index < -0.39 is 0 Å². The molecule has 0 fully saturated rings. The molecule has 0 saturated carbocycles. The molecular formula is C3H10NNa. The van der Waals surface area contributed by atoms with Crippen LogP contribution in [0.5, 0.6) is 0 Å². The second-order valence-electron chi connectivity index (χ2n) is 1.24. The molecule has 0 amide bonds. The van der Waals surface area contributed by atoms with Crippen LogP contribution in [0.3, 0.4) is 0 Å². The average molecular weight is 83.1 g/mol. The standard InChI is InChI=1S/C3H9N.Na.H/c1-3(2)4;;/h3H,4H2,1-2H3;;. The Kier molecular flexibility index (Phi) is 9.28. The van der Waals surface area contributed by atoms with E-state index in [1.54, 1.807) is 0 Å². The molecule has 0 radical (unpaired) electrons. The number of hydrogen-bond donors (Lipinski definition) is 1. The Balaban J connectivity index is 0. The molecule has 0 unspecified atom stereocenters. The van der Waals surface area contributed by atoms with Crippen LogP contribution in [0.2, 0.25) is 0 Å². The fourth-order valence-electron chi connectivity index (χ4n) is 0. The summed E-state index contributed by atoms with van der Waals surface area (Å²) in [6, 6.07) is 0.333. The van der Waals surface area contributed by atoms with Crippen LogP contribution in [0, 0.1) is 0 Å². The number of rotatable bonds is 0. The van der Waals surface area contributed by atoms with Crippen LogP contribution < -0.4 is 5.73 Å². The van der Waals surface area contributed by atoms with Gasteiger partial charge in [0.15, 0.2) is 0 Å². The van der Waals surface area contributed by atoms with Crippen molar-refractivity contribution in [3.05, 3.63) is 0 Å². The summed E-state index contributed by atoms with van der Waals surface area (Å²) in [4.78, 5) is 0. The molecule has 0 bridgehead atoms. The van der Waals surface area contributed by atoms with Gasteiger partial charge in [0.05, 0.1) is 0 Å². The molecule has 0 atom stereocenters. The van der Waals surface area contributed by atoms with Crippen molar-refractivity contribution in [3.63, 3.8) is 0 Å². The molecule has 0 spiro atoms. The van der Waals surface area contributed by atoms with Gasteiger partial charge < -0.3 is 5.73 Å². The first-order chi connectivity index (χ1) is 1.73. The molecule has 0 aromatic rings. The van der Waals surface area contributed by atoms with Crippen molar-refractivity contribution in [2.24, 2.45) is 5.73 Å². The van der Waals surface area contributed by atoms with E-state index in [1.165, 1.54) is 0 Å². The first-order valence-corrected chi connectivity index (χ1v) is 1.49. The van der Waals surface area contributed by atoms with E-state index in [0.717, 1.165) is 0 Å². The Hall–Kier alpha value is 0.960. The van der Waals surface area contributed by atoms with Gasteiger partial charge in [0.2, 0.25) is 0 Å². The van der Waals surface area contributed by atoms with Crippen LogP contribution in [0.1, 0.15) is 13.8 Å². The van der Waals surface area contributed by atoms with Gasteiger partial charge in [-0.05, 0) is 6.04 Å². The predicted molar refractivity (Wildman–Crippen MR) is 26.5 cm³/mol. The molecule has 0 aliphatic carbocycles. The Labute approximate surface area is 55.2 Å². The fourth-order valence-corrected chi connectivity index (χ4v) is 0. The van der Waals surface area contributed by atoms with Crippen molar-refractivity contribution >= 4 is 29.6 Å². The SMILES string of the molecule is CC(C)N.[NaH]. The molecule has 0 heterocycles. The van der Waals surface area contributed by atoms with E-state index in [1.807, 2.05) is 13.8 Å². The molecule has 0 aliphatic heterocycles. The summed E-state index contributed by atoms with van der Waals surface area (Å²) in [5, 5.41) is 0. The monoisotopic (exact) mass is 83.1 g/mol. The third-order valence-electron chi connectivity index (χ3n) is 0. The van der Waals surface area contributed by atoms with Crippen molar-refractivity contribution in [2.45, 2.75) is 19.9 Å². The van der Waals surface area contributed by atoms with Crippen molar-refractivity contribution in [1.29, 1.82) is 0 Å². The Morgan fingerprint density at radius 2 is 1.40 bits per heavy atom. The van der Waals surface area contributed by atoms with Gasteiger partial charge in [0, 0.05) is 0 Å². The third-order valence-corrected chi connectivity index (χ3v) is 0. The summed E-state index contributed by atoms with van der Waals surface area (Å²) in [5.41, 5.74) is 5.11. The summed E-state index contributed by atoms with van der Waals surface area (Å²) in [7, 11) is 0. The molecule has 1 nitrogen and oxygen atoms in total. The third kappa shape index (κ3) is 47.2. The van der Waals surface area contributed by atoms with E-state index in [2.05, 4.69) is 0 Å². The Morgan fingerprint density at radius 3 is 1.40 bits per heavy atom. The second kappa shape index (κ2) is 4.96. The van der Waals surface area contributed by atoms with Crippen LogP contribution in [0.25, 0.3) is 0 Å². The average Bonchev–Trinajstić information content (AvgIpc) is 0.811. The van der Waals surface area contributed by atoms with Crippen LogP contribution in [0.15, 0.2) is 0 Å². The van der Waals surface area contributed by atoms with Crippen molar-refractivity contribution < 1.29 is 0 Å². The van der Waals surface area contributed by atoms with E-state index in [9.17, 15) is 0 Å². The van der Waals surface area contributed by atoms with Gasteiger partial charge in [-0.25, -0.2) is 0 Å². The topological polar surface area (TPSA) is 26.0 Å². The minimum atomic E-state index is 0. The van der Waals surface area contributed by atoms with E-state index in [-0.39, 0.29) is 29.6 Å². The van der Waals surface area contributed by atoms with Gasteiger partial charge in [0.1, 0.15) is 0 Å². The van der Waals surface area contributed by atoms with E-state index in [4.69, 9.17) is 5.73 Å². The second-order valence-corrected chi connectivity index (χ2v) is 1.24. The molecule has 5 heavy (non-hydrogen) atoms. The first-order valence-electron chi connectivity index (χ1n) is 1.49. The Morgan fingerprint density at radius 1 is 1.40 bits per heavy atom. The zero-order valence-electron chi connectivity index (χ0n) is 3.15. The molecule has 0 saturated heterocycles. The van der Waals surface area contributed by atoms with Crippen LogP contribution in [-0.4, -0.2) is 35.6 Å². The van der Waals surface area contributed by atoms with Gasteiger partial charge in [-0.3, -0.25) is 0 Å². The van der Waals surface area contributed by atoms with Crippen LogP contribution in [-0.2, 0) is 0 Å². The fraction of sp³-hybridized carbons (Fsp3) is 1.00. The number of nitrogens with two attached hydrogens (primary N) is 1. The molecule has 28 valence electrons. The maximum atomic E-state index is 5.11. The number of hydrogen-bond acceptors (Lipinski definition) is 1. The summed E-state index contributed by atoms with van der Waals surface area (Å²) < 4.78 is 0. The van der Waals surface area contributed by atoms with Crippen molar-refractivity contribution in [2.75, 3.05) is 0 Å². The summed E-state index contributed by atoms with van der Waals surface area (Å²) >= 11 is 0. The summed E-state index contributed by atoms with van der Waals surface area (Å²) in [6.07, 6.45) is 0. The van der Waals surface area contributed by atoms with E-state index in [0.29, 0.717) is 6.04 Å². The molecule has 2 N–H and O–H groups in total. The van der Waals surface area contributed by atoms with Gasteiger partial charge in [0.25, 0.3) is 0 Å². The van der Waals surface area contributed by atoms with E-state index >= 15 is 0 Å². The molecule has 0 aliphatic rings. The first kappa shape index (κ1) is 9.35. The molecule has 2 heteroatoms. The minimum absolute atomic E-state index is 0.